The molecule has 0 spiro atoms. The minimum Gasteiger partial charge on any atom is -0.311 e. The Morgan fingerprint density at radius 1 is 1.25 bits per heavy atom. The van der Waals surface area contributed by atoms with Crippen LogP contribution in [0.3, 0.4) is 0 Å². The van der Waals surface area contributed by atoms with E-state index in [-0.39, 0.29) is 0 Å². The molecule has 1 N–H and O–H groups in total. The average Bonchev–Trinajstić information content (AvgIpc) is 2.91. The van der Waals surface area contributed by atoms with Gasteiger partial charge in [0.25, 0.3) is 0 Å². The van der Waals surface area contributed by atoms with E-state index < -0.39 is 0 Å². The number of piperazine rings is 1. The smallest absolute Gasteiger partial charge is 0.0192 e. The van der Waals surface area contributed by atoms with Crippen LogP contribution in [0.4, 0.5) is 0 Å². The van der Waals surface area contributed by atoms with Gasteiger partial charge in [-0.1, -0.05) is 13.3 Å². The van der Waals surface area contributed by atoms with Crippen LogP contribution in [0.5, 0.6) is 0 Å². The first kappa shape index (κ1) is 11.0. The van der Waals surface area contributed by atoms with Crippen molar-refractivity contribution in [1.29, 1.82) is 0 Å². The largest absolute Gasteiger partial charge is 0.311 e. The van der Waals surface area contributed by atoms with Gasteiger partial charge in [0.15, 0.2) is 0 Å². The van der Waals surface area contributed by atoms with Gasteiger partial charge < -0.3 is 10.2 Å². The molecular formula is C14H26N2. The second kappa shape index (κ2) is 4.66. The lowest BCUT2D eigenvalue weighted by atomic mass is 9.88. The molecule has 4 atom stereocenters. The number of nitrogens with zero attached hydrogens (tertiary/aromatic N) is 1. The van der Waals surface area contributed by atoms with Crippen molar-refractivity contribution >= 4 is 0 Å². The Kier molecular flexibility index (Phi) is 3.21. The van der Waals surface area contributed by atoms with Gasteiger partial charge in [-0.3, -0.25) is 0 Å². The Labute approximate surface area is 99.8 Å². The van der Waals surface area contributed by atoms with Crippen molar-refractivity contribution in [3.8, 4) is 0 Å². The normalized spacial score (nSPS) is 44.1. The van der Waals surface area contributed by atoms with Gasteiger partial charge in [-0.25, -0.2) is 0 Å². The van der Waals surface area contributed by atoms with Crippen LogP contribution in [0.15, 0.2) is 0 Å². The quantitative estimate of drug-likeness (QED) is 0.787. The first-order valence-electron chi connectivity index (χ1n) is 7.31. The molecule has 0 amide bonds. The highest BCUT2D eigenvalue weighted by atomic mass is 15.2. The number of fused-ring (bicyclic) bond motifs is 2. The molecule has 3 aliphatic rings. The highest BCUT2D eigenvalue weighted by molar-refractivity contribution is 4.92. The molecule has 1 heterocycles. The van der Waals surface area contributed by atoms with Gasteiger partial charge in [0, 0.05) is 32.2 Å². The fraction of sp³-hybridized carbons (Fsp3) is 1.00. The van der Waals surface area contributed by atoms with Crippen LogP contribution in [0.25, 0.3) is 0 Å². The van der Waals surface area contributed by atoms with Crippen molar-refractivity contribution in [3.05, 3.63) is 0 Å². The minimum atomic E-state index is 0.757. The van der Waals surface area contributed by atoms with Gasteiger partial charge in [0.05, 0.1) is 0 Å². The zero-order chi connectivity index (χ0) is 11.0. The molecule has 92 valence electrons. The number of rotatable bonds is 3. The van der Waals surface area contributed by atoms with E-state index in [2.05, 4.69) is 17.1 Å². The Bertz CT molecular complexity index is 241. The van der Waals surface area contributed by atoms with E-state index in [9.17, 15) is 0 Å². The van der Waals surface area contributed by atoms with Crippen LogP contribution < -0.4 is 5.32 Å². The molecule has 2 nitrogen and oxygen atoms in total. The van der Waals surface area contributed by atoms with Crippen molar-refractivity contribution in [1.82, 2.24) is 10.2 Å². The van der Waals surface area contributed by atoms with Crippen molar-refractivity contribution in [2.24, 2.45) is 17.8 Å². The summed E-state index contributed by atoms with van der Waals surface area (Å²) in [5, 5.41) is 3.62. The molecule has 4 unspecified atom stereocenters. The summed E-state index contributed by atoms with van der Waals surface area (Å²) >= 11 is 0. The van der Waals surface area contributed by atoms with Gasteiger partial charge in [-0.05, 0) is 43.4 Å². The molecule has 0 aromatic heterocycles. The van der Waals surface area contributed by atoms with Crippen LogP contribution in [-0.4, -0.2) is 37.1 Å². The lowest BCUT2D eigenvalue weighted by Gasteiger charge is -2.36. The molecule has 3 fully saturated rings. The molecule has 2 bridgehead atoms. The predicted octanol–water partition coefficient (Wildman–Crippen LogP) is 2.11. The summed E-state index contributed by atoms with van der Waals surface area (Å²) < 4.78 is 0. The fourth-order valence-corrected chi connectivity index (χ4v) is 4.27. The third-order valence-corrected chi connectivity index (χ3v) is 5.21. The maximum atomic E-state index is 3.62. The molecule has 1 saturated heterocycles. The summed E-state index contributed by atoms with van der Waals surface area (Å²) in [7, 11) is 0. The first-order valence-corrected chi connectivity index (χ1v) is 7.31. The number of hydrogen-bond acceptors (Lipinski definition) is 2. The molecule has 2 aliphatic carbocycles. The Hall–Kier alpha value is -0.0800. The van der Waals surface area contributed by atoms with Gasteiger partial charge in [0.2, 0.25) is 0 Å². The molecular weight excluding hydrogens is 196 g/mol. The second-order valence-corrected chi connectivity index (χ2v) is 6.25. The average molecular weight is 222 g/mol. The Morgan fingerprint density at radius 3 is 2.88 bits per heavy atom. The summed E-state index contributed by atoms with van der Waals surface area (Å²) in [6.45, 7) is 7.49. The topological polar surface area (TPSA) is 15.3 Å². The molecule has 1 aliphatic heterocycles. The second-order valence-electron chi connectivity index (χ2n) is 6.25. The minimum absolute atomic E-state index is 0.757. The maximum Gasteiger partial charge on any atom is 0.0192 e. The highest BCUT2D eigenvalue weighted by Crippen LogP contribution is 2.48. The monoisotopic (exact) mass is 222 g/mol. The van der Waals surface area contributed by atoms with Gasteiger partial charge in [0.1, 0.15) is 0 Å². The van der Waals surface area contributed by atoms with Crippen LogP contribution >= 0.6 is 0 Å². The zero-order valence-corrected chi connectivity index (χ0v) is 10.6. The van der Waals surface area contributed by atoms with E-state index >= 15 is 0 Å². The molecule has 0 radical (unpaired) electrons. The van der Waals surface area contributed by atoms with E-state index in [1.807, 2.05) is 0 Å². The Balaban J connectivity index is 1.51. The van der Waals surface area contributed by atoms with Crippen LogP contribution in [0, 0.1) is 17.8 Å². The fourth-order valence-electron chi connectivity index (χ4n) is 4.27. The van der Waals surface area contributed by atoms with Gasteiger partial charge in [-0.15, -0.1) is 0 Å². The Morgan fingerprint density at radius 2 is 2.19 bits per heavy atom. The highest BCUT2D eigenvalue weighted by Gasteiger charge is 2.40. The molecule has 16 heavy (non-hydrogen) atoms. The lowest BCUT2D eigenvalue weighted by Crippen LogP contribution is -2.51. The molecule has 0 aromatic carbocycles. The summed E-state index contributed by atoms with van der Waals surface area (Å²) in [4.78, 5) is 2.73. The van der Waals surface area contributed by atoms with Gasteiger partial charge in [-0.2, -0.15) is 0 Å². The molecule has 2 saturated carbocycles. The molecule has 2 heteroatoms. The van der Waals surface area contributed by atoms with Crippen molar-refractivity contribution in [2.75, 3.05) is 26.2 Å². The van der Waals surface area contributed by atoms with E-state index in [4.69, 9.17) is 0 Å². The van der Waals surface area contributed by atoms with Crippen molar-refractivity contribution in [2.45, 2.75) is 45.1 Å². The van der Waals surface area contributed by atoms with Crippen LogP contribution in [0.1, 0.15) is 39.0 Å². The van der Waals surface area contributed by atoms with Crippen molar-refractivity contribution < 1.29 is 0 Å². The predicted molar refractivity (Wildman–Crippen MR) is 67.5 cm³/mol. The van der Waals surface area contributed by atoms with Crippen LogP contribution in [-0.2, 0) is 0 Å². The van der Waals surface area contributed by atoms with E-state index in [0.717, 1.165) is 23.8 Å². The first-order chi connectivity index (χ1) is 7.85. The lowest BCUT2D eigenvalue weighted by molar-refractivity contribution is 0.147. The summed E-state index contributed by atoms with van der Waals surface area (Å²) in [6, 6.07) is 0.757. The van der Waals surface area contributed by atoms with E-state index in [1.54, 1.807) is 25.7 Å². The van der Waals surface area contributed by atoms with E-state index in [1.165, 1.54) is 32.6 Å². The van der Waals surface area contributed by atoms with Crippen molar-refractivity contribution in [3.63, 3.8) is 0 Å². The van der Waals surface area contributed by atoms with Gasteiger partial charge >= 0.3 is 0 Å². The number of hydrogen-bond donors (Lipinski definition) is 1. The standard InChI is InChI=1S/C14H26N2/c1-2-14-10-16(6-5-15-14)9-13-8-11-3-4-12(13)7-11/h11-15H,2-10H2,1H3. The zero-order valence-electron chi connectivity index (χ0n) is 10.6. The third kappa shape index (κ3) is 2.14. The molecule has 0 aromatic rings. The summed E-state index contributed by atoms with van der Waals surface area (Å²) in [5.41, 5.74) is 0. The molecule has 3 rings (SSSR count). The summed E-state index contributed by atoms with van der Waals surface area (Å²) in [5.74, 6) is 3.26. The SMILES string of the molecule is CCC1CN(CC2CC3CCC2C3)CCN1. The number of nitrogens with one attached hydrogen (secondary N) is 1. The summed E-state index contributed by atoms with van der Waals surface area (Å²) in [6.07, 6.45) is 7.48. The van der Waals surface area contributed by atoms with Crippen LogP contribution in [0.2, 0.25) is 0 Å². The third-order valence-electron chi connectivity index (χ3n) is 5.21. The van der Waals surface area contributed by atoms with E-state index in [0.29, 0.717) is 0 Å². The maximum absolute atomic E-state index is 3.62.